The number of thioether (sulfide) groups is 1. The van der Waals surface area contributed by atoms with Gasteiger partial charge < -0.3 is 15.2 Å². The van der Waals surface area contributed by atoms with Crippen LogP contribution in [0.25, 0.3) is 0 Å². The van der Waals surface area contributed by atoms with Crippen molar-refractivity contribution < 1.29 is 23.1 Å². The van der Waals surface area contributed by atoms with Crippen LogP contribution in [0, 0.1) is 0 Å². The number of amides is 1. The van der Waals surface area contributed by atoms with Gasteiger partial charge in [0, 0.05) is 4.90 Å². The Morgan fingerprint density at radius 1 is 1.03 bits per heavy atom. The highest BCUT2D eigenvalue weighted by molar-refractivity contribution is 8.00. The fourth-order valence-corrected chi connectivity index (χ4v) is 5.54. The summed E-state index contributed by atoms with van der Waals surface area (Å²) in [4.78, 5) is 13.4. The number of rotatable bonds is 8. The summed E-state index contributed by atoms with van der Waals surface area (Å²) in [5.74, 6) is -0.0589. The van der Waals surface area contributed by atoms with E-state index in [1.54, 1.807) is 24.3 Å². The van der Waals surface area contributed by atoms with Gasteiger partial charge in [-0.2, -0.15) is 0 Å². The fourth-order valence-electron chi connectivity index (χ4n) is 3.69. The lowest BCUT2D eigenvalue weighted by Gasteiger charge is -2.13. The normalized spacial score (nSPS) is 12.8. The highest BCUT2D eigenvalue weighted by Crippen LogP contribution is 2.31. The zero-order valence-electron chi connectivity index (χ0n) is 18.0. The highest BCUT2D eigenvalue weighted by Gasteiger charge is 2.19. The van der Waals surface area contributed by atoms with Gasteiger partial charge in [0.2, 0.25) is 5.91 Å². The Morgan fingerprint density at radius 3 is 2.64 bits per heavy atom. The zero-order valence-corrected chi connectivity index (χ0v) is 19.6. The number of aromatic hydroxyl groups is 1. The Bertz CT molecular complexity index is 1290. The van der Waals surface area contributed by atoms with Crippen molar-refractivity contribution in [2.75, 3.05) is 22.9 Å². The number of nitrogens with one attached hydrogen (secondary N) is 2. The SMILES string of the molecule is COc1ccccc1NS(=O)(=O)c1ccc(O)c(NC(=O)CSc2ccc3c(c2)CCC3)c1. The van der Waals surface area contributed by atoms with Gasteiger partial charge in [-0.25, -0.2) is 8.42 Å². The molecule has 1 amide bonds. The van der Waals surface area contributed by atoms with Gasteiger partial charge in [0.25, 0.3) is 10.0 Å². The molecule has 1 aliphatic carbocycles. The van der Waals surface area contributed by atoms with Crippen molar-refractivity contribution in [1.82, 2.24) is 0 Å². The summed E-state index contributed by atoms with van der Waals surface area (Å²) in [5, 5.41) is 12.8. The van der Waals surface area contributed by atoms with Crippen molar-refractivity contribution >= 4 is 39.1 Å². The molecule has 0 unspecified atom stereocenters. The molecule has 0 heterocycles. The molecule has 0 aliphatic heterocycles. The van der Waals surface area contributed by atoms with Gasteiger partial charge in [-0.3, -0.25) is 9.52 Å². The zero-order chi connectivity index (χ0) is 23.4. The Balaban J connectivity index is 1.44. The van der Waals surface area contributed by atoms with Crippen LogP contribution in [0.15, 0.2) is 70.5 Å². The number of phenolic OH excluding ortho intramolecular Hbond substituents is 1. The maximum atomic E-state index is 12.9. The standard InChI is InChI=1S/C24H24N2O5S2/c1-31-23-8-3-2-7-20(23)26-33(29,30)19-11-12-22(27)21(14-19)25-24(28)15-32-18-10-9-16-5-4-6-17(16)13-18/h2-3,7-14,26-27H,4-6,15H2,1H3,(H,25,28). The quantitative estimate of drug-likeness (QED) is 0.323. The van der Waals surface area contributed by atoms with Crippen LogP contribution in [-0.2, 0) is 27.7 Å². The number of para-hydroxylation sites is 2. The predicted molar refractivity (Wildman–Crippen MR) is 130 cm³/mol. The first kappa shape index (κ1) is 23.0. The van der Waals surface area contributed by atoms with Crippen LogP contribution in [0.2, 0.25) is 0 Å². The number of carbonyl (C=O) groups is 1. The smallest absolute Gasteiger partial charge is 0.262 e. The Labute approximate surface area is 197 Å². The number of hydrogen-bond donors (Lipinski definition) is 3. The summed E-state index contributed by atoms with van der Waals surface area (Å²) in [6.07, 6.45) is 3.33. The van der Waals surface area contributed by atoms with Crippen LogP contribution in [0.3, 0.4) is 0 Å². The van der Waals surface area contributed by atoms with E-state index < -0.39 is 10.0 Å². The molecule has 172 valence electrons. The van der Waals surface area contributed by atoms with E-state index in [9.17, 15) is 18.3 Å². The molecule has 0 atom stereocenters. The molecule has 0 aromatic heterocycles. The first-order valence-electron chi connectivity index (χ1n) is 10.4. The monoisotopic (exact) mass is 484 g/mol. The van der Waals surface area contributed by atoms with E-state index in [2.05, 4.69) is 22.2 Å². The van der Waals surface area contributed by atoms with Gasteiger partial charge in [-0.1, -0.05) is 18.2 Å². The van der Waals surface area contributed by atoms with Gasteiger partial charge in [-0.15, -0.1) is 11.8 Å². The molecular formula is C24H24N2O5S2. The number of ether oxygens (including phenoxy) is 1. The molecule has 0 saturated heterocycles. The molecule has 0 bridgehead atoms. The lowest BCUT2D eigenvalue weighted by atomic mass is 10.1. The van der Waals surface area contributed by atoms with Crippen LogP contribution in [0.4, 0.5) is 11.4 Å². The molecule has 4 rings (SSSR count). The molecule has 0 fully saturated rings. The summed E-state index contributed by atoms with van der Waals surface area (Å²) >= 11 is 1.40. The van der Waals surface area contributed by atoms with Gasteiger partial charge in [0.05, 0.1) is 29.1 Å². The lowest BCUT2D eigenvalue weighted by Crippen LogP contribution is -2.16. The maximum absolute atomic E-state index is 12.9. The number of carbonyl (C=O) groups excluding carboxylic acids is 1. The molecule has 0 saturated carbocycles. The topological polar surface area (TPSA) is 105 Å². The Kier molecular flexibility index (Phi) is 6.80. The van der Waals surface area contributed by atoms with Gasteiger partial charge in [-0.05, 0) is 72.9 Å². The maximum Gasteiger partial charge on any atom is 0.262 e. The van der Waals surface area contributed by atoms with E-state index in [4.69, 9.17) is 4.74 Å². The average Bonchev–Trinajstić information content (AvgIpc) is 3.27. The van der Waals surface area contributed by atoms with Gasteiger partial charge >= 0.3 is 0 Å². The third kappa shape index (κ3) is 5.43. The second-order valence-electron chi connectivity index (χ2n) is 7.61. The van der Waals surface area contributed by atoms with E-state index in [-0.39, 0.29) is 33.7 Å². The molecule has 3 aromatic carbocycles. The Hall–Kier alpha value is -3.17. The Morgan fingerprint density at radius 2 is 1.82 bits per heavy atom. The minimum atomic E-state index is -3.98. The number of benzene rings is 3. The average molecular weight is 485 g/mol. The number of aryl methyl sites for hydroxylation is 2. The fraction of sp³-hybridized carbons (Fsp3) is 0.208. The van der Waals surface area contributed by atoms with Gasteiger partial charge in [0.15, 0.2) is 0 Å². The summed E-state index contributed by atoms with van der Waals surface area (Å²) in [5.41, 5.74) is 3.01. The first-order valence-corrected chi connectivity index (χ1v) is 12.9. The number of hydrogen-bond acceptors (Lipinski definition) is 6. The number of anilines is 2. The molecule has 7 nitrogen and oxygen atoms in total. The number of methoxy groups -OCH3 is 1. The summed E-state index contributed by atoms with van der Waals surface area (Å²) in [7, 11) is -2.53. The minimum absolute atomic E-state index is 0.0254. The largest absolute Gasteiger partial charge is 0.506 e. The molecule has 3 N–H and O–H groups in total. The minimum Gasteiger partial charge on any atom is -0.506 e. The van der Waals surface area contributed by atoms with E-state index in [0.717, 1.165) is 24.2 Å². The second-order valence-corrected chi connectivity index (χ2v) is 10.3. The second kappa shape index (κ2) is 9.76. The molecule has 9 heteroatoms. The predicted octanol–water partition coefficient (Wildman–Crippen LogP) is 4.42. The van der Waals surface area contributed by atoms with Crippen molar-refractivity contribution in [3.8, 4) is 11.5 Å². The van der Waals surface area contributed by atoms with E-state index in [1.807, 2.05) is 6.07 Å². The van der Waals surface area contributed by atoms with Crippen LogP contribution in [0.1, 0.15) is 17.5 Å². The van der Waals surface area contributed by atoms with Crippen LogP contribution < -0.4 is 14.8 Å². The third-order valence-electron chi connectivity index (χ3n) is 5.34. The number of sulfonamides is 1. The summed E-state index contributed by atoms with van der Waals surface area (Å²) in [6.45, 7) is 0. The van der Waals surface area contributed by atoms with E-state index in [0.29, 0.717) is 5.75 Å². The summed E-state index contributed by atoms with van der Waals surface area (Å²) in [6, 6.07) is 16.6. The van der Waals surface area contributed by atoms with Crippen molar-refractivity contribution in [2.24, 2.45) is 0 Å². The molecule has 0 spiro atoms. The summed E-state index contributed by atoms with van der Waals surface area (Å²) < 4.78 is 33.4. The molecular weight excluding hydrogens is 460 g/mol. The van der Waals surface area contributed by atoms with Crippen molar-refractivity contribution in [3.63, 3.8) is 0 Å². The van der Waals surface area contributed by atoms with Crippen LogP contribution in [-0.4, -0.2) is 32.3 Å². The molecule has 3 aromatic rings. The number of fused-ring (bicyclic) bond motifs is 1. The third-order valence-corrected chi connectivity index (χ3v) is 7.70. The van der Waals surface area contributed by atoms with Crippen molar-refractivity contribution in [3.05, 3.63) is 71.8 Å². The van der Waals surface area contributed by atoms with Crippen molar-refractivity contribution in [1.29, 1.82) is 0 Å². The van der Waals surface area contributed by atoms with Gasteiger partial charge in [0.1, 0.15) is 11.5 Å². The van der Waals surface area contributed by atoms with E-state index >= 15 is 0 Å². The molecule has 1 aliphatic rings. The lowest BCUT2D eigenvalue weighted by molar-refractivity contribution is -0.113. The van der Waals surface area contributed by atoms with E-state index in [1.165, 1.54) is 48.2 Å². The first-order chi connectivity index (χ1) is 15.9. The highest BCUT2D eigenvalue weighted by atomic mass is 32.2. The van der Waals surface area contributed by atoms with Crippen LogP contribution in [0.5, 0.6) is 11.5 Å². The molecule has 0 radical (unpaired) electrons. The molecule has 33 heavy (non-hydrogen) atoms. The van der Waals surface area contributed by atoms with Crippen LogP contribution >= 0.6 is 11.8 Å². The number of phenols is 1. The van der Waals surface area contributed by atoms with Crippen molar-refractivity contribution in [2.45, 2.75) is 29.1 Å².